The lowest BCUT2D eigenvalue weighted by molar-refractivity contribution is 0.151. The van der Waals surface area contributed by atoms with Crippen molar-refractivity contribution in [2.45, 2.75) is 31.8 Å². The monoisotopic (exact) mass is 341 g/mol. The first kappa shape index (κ1) is 15.1. The number of benzene rings is 1. The van der Waals surface area contributed by atoms with Crippen molar-refractivity contribution in [2.75, 3.05) is 6.54 Å². The van der Waals surface area contributed by atoms with Crippen molar-refractivity contribution < 1.29 is 4.79 Å². The highest BCUT2D eigenvalue weighted by molar-refractivity contribution is 7.18. The highest BCUT2D eigenvalue weighted by atomic mass is 32.1. The van der Waals surface area contributed by atoms with E-state index in [1.54, 1.807) is 11.3 Å². The van der Waals surface area contributed by atoms with E-state index in [-0.39, 0.29) is 12.1 Å². The van der Waals surface area contributed by atoms with Crippen LogP contribution in [-0.4, -0.2) is 32.7 Å². The van der Waals surface area contributed by atoms with Gasteiger partial charge in [0.05, 0.1) is 29.0 Å². The predicted octanol–water partition coefficient (Wildman–Crippen LogP) is 3.46. The second-order valence-electron chi connectivity index (χ2n) is 5.97. The molecule has 1 saturated heterocycles. The van der Waals surface area contributed by atoms with E-state index in [0.717, 1.165) is 46.6 Å². The van der Waals surface area contributed by atoms with Crippen molar-refractivity contribution in [3.05, 3.63) is 47.2 Å². The first-order valence-electron chi connectivity index (χ1n) is 8.19. The molecule has 24 heavy (non-hydrogen) atoms. The van der Waals surface area contributed by atoms with Gasteiger partial charge in [0.1, 0.15) is 5.01 Å². The molecule has 1 aromatic carbocycles. The van der Waals surface area contributed by atoms with Gasteiger partial charge in [0.15, 0.2) is 0 Å². The average Bonchev–Trinajstić information content (AvgIpc) is 3.28. The van der Waals surface area contributed by atoms with E-state index in [1.165, 1.54) is 0 Å². The number of piperidine rings is 1. The van der Waals surface area contributed by atoms with Crippen LogP contribution in [0.15, 0.2) is 36.7 Å². The second kappa shape index (κ2) is 6.60. The minimum atomic E-state index is -0.0276. The number of aromatic nitrogens is 3. The SMILES string of the molecule is O=C(NCc1nc2ccccc2s1)N1CCCCC1c1cn[nH]c1. The molecule has 6 nitrogen and oxygen atoms in total. The highest BCUT2D eigenvalue weighted by Gasteiger charge is 2.28. The molecular weight excluding hydrogens is 322 g/mol. The molecule has 0 aliphatic carbocycles. The summed E-state index contributed by atoms with van der Waals surface area (Å²) in [5, 5.41) is 10.8. The smallest absolute Gasteiger partial charge is 0.318 e. The van der Waals surface area contributed by atoms with Crippen molar-refractivity contribution in [1.82, 2.24) is 25.4 Å². The summed E-state index contributed by atoms with van der Waals surface area (Å²) in [6.07, 6.45) is 6.85. The number of aromatic amines is 1. The molecule has 0 radical (unpaired) electrons. The van der Waals surface area contributed by atoms with E-state index in [9.17, 15) is 4.79 Å². The number of nitrogens with zero attached hydrogens (tertiary/aromatic N) is 3. The van der Waals surface area contributed by atoms with Crippen LogP contribution in [0.25, 0.3) is 10.2 Å². The molecular formula is C17H19N5OS. The maximum Gasteiger partial charge on any atom is 0.318 e. The molecule has 0 bridgehead atoms. The number of carbonyl (C=O) groups is 1. The Morgan fingerprint density at radius 2 is 2.29 bits per heavy atom. The summed E-state index contributed by atoms with van der Waals surface area (Å²) in [6, 6.07) is 8.11. The zero-order valence-electron chi connectivity index (χ0n) is 13.2. The molecule has 4 rings (SSSR count). The zero-order chi connectivity index (χ0) is 16.4. The number of nitrogens with one attached hydrogen (secondary N) is 2. The Morgan fingerprint density at radius 3 is 3.12 bits per heavy atom. The second-order valence-corrected chi connectivity index (χ2v) is 7.09. The van der Waals surface area contributed by atoms with E-state index in [0.29, 0.717) is 6.54 Å². The van der Waals surface area contributed by atoms with Crippen molar-refractivity contribution in [3.63, 3.8) is 0 Å². The molecule has 3 heterocycles. The first-order valence-corrected chi connectivity index (χ1v) is 9.00. The van der Waals surface area contributed by atoms with Crippen LogP contribution >= 0.6 is 11.3 Å². The minimum Gasteiger partial charge on any atom is -0.331 e. The maximum atomic E-state index is 12.7. The van der Waals surface area contributed by atoms with Gasteiger partial charge in [0.2, 0.25) is 0 Å². The van der Waals surface area contributed by atoms with Gasteiger partial charge in [-0.1, -0.05) is 12.1 Å². The van der Waals surface area contributed by atoms with Crippen LogP contribution in [-0.2, 0) is 6.54 Å². The summed E-state index contributed by atoms with van der Waals surface area (Å²) < 4.78 is 1.15. The summed E-state index contributed by atoms with van der Waals surface area (Å²) in [5.41, 5.74) is 2.06. The van der Waals surface area contributed by atoms with Crippen molar-refractivity contribution in [3.8, 4) is 0 Å². The van der Waals surface area contributed by atoms with Crippen LogP contribution in [0.3, 0.4) is 0 Å². The number of para-hydroxylation sites is 1. The molecule has 1 aliphatic rings. The summed E-state index contributed by atoms with van der Waals surface area (Å²) in [7, 11) is 0. The van der Waals surface area contributed by atoms with Crippen LogP contribution in [0.5, 0.6) is 0 Å². The summed E-state index contributed by atoms with van der Waals surface area (Å²) >= 11 is 1.63. The highest BCUT2D eigenvalue weighted by Crippen LogP contribution is 2.30. The number of rotatable bonds is 3. The van der Waals surface area contributed by atoms with Gasteiger partial charge in [-0.05, 0) is 31.4 Å². The average molecular weight is 341 g/mol. The summed E-state index contributed by atoms with van der Waals surface area (Å²) in [5.74, 6) is 0. The lowest BCUT2D eigenvalue weighted by Crippen LogP contribution is -2.44. The fourth-order valence-corrected chi connectivity index (χ4v) is 4.12. The quantitative estimate of drug-likeness (QED) is 0.766. The topological polar surface area (TPSA) is 73.9 Å². The number of fused-ring (bicyclic) bond motifs is 1. The minimum absolute atomic E-state index is 0.0276. The normalized spacial score (nSPS) is 18.0. The Bertz CT molecular complexity index is 796. The van der Waals surface area contributed by atoms with Gasteiger partial charge < -0.3 is 10.2 Å². The van der Waals surface area contributed by atoms with E-state index in [1.807, 2.05) is 35.5 Å². The fraction of sp³-hybridized carbons (Fsp3) is 0.353. The molecule has 0 spiro atoms. The third-order valence-corrected chi connectivity index (χ3v) is 5.43. The molecule has 1 atom stereocenters. The predicted molar refractivity (Wildman–Crippen MR) is 93.7 cm³/mol. The molecule has 1 unspecified atom stereocenters. The molecule has 7 heteroatoms. The molecule has 1 aliphatic heterocycles. The van der Waals surface area contributed by atoms with Crippen LogP contribution in [0.4, 0.5) is 4.79 Å². The molecule has 1 fully saturated rings. The van der Waals surface area contributed by atoms with Crippen molar-refractivity contribution in [1.29, 1.82) is 0 Å². The van der Waals surface area contributed by atoms with Gasteiger partial charge in [0.25, 0.3) is 0 Å². The Labute approximate surface area is 143 Å². The molecule has 2 amide bonds. The Hall–Kier alpha value is -2.41. The van der Waals surface area contributed by atoms with Gasteiger partial charge in [-0.3, -0.25) is 5.10 Å². The third kappa shape index (κ3) is 2.99. The van der Waals surface area contributed by atoms with E-state index < -0.39 is 0 Å². The molecule has 3 aromatic rings. The molecule has 124 valence electrons. The van der Waals surface area contributed by atoms with Crippen LogP contribution in [0.1, 0.15) is 35.9 Å². The molecule has 2 N–H and O–H groups in total. The number of amides is 2. The van der Waals surface area contributed by atoms with Gasteiger partial charge in [-0.25, -0.2) is 9.78 Å². The Balaban J connectivity index is 1.44. The Kier molecular flexibility index (Phi) is 4.17. The number of hydrogen-bond donors (Lipinski definition) is 2. The molecule has 0 saturated carbocycles. The summed E-state index contributed by atoms with van der Waals surface area (Å²) in [4.78, 5) is 19.1. The van der Waals surface area contributed by atoms with Gasteiger partial charge in [0, 0.05) is 18.3 Å². The van der Waals surface area contributed by atoms with E-state index >= 15 is 0 Å². The lowest BCUT2D eigenvalue weighted by Gasteiger charge is -2.35. The zero-order valence-corrected chi connectivity index (χ0v) is 14.1. The number of likely N-dealkylation sites (tertiary alicyclic amines) is 1. The number of urea groups is 1. The van der Waals surface area contributed by atoms with Crippen molar-refractivity contribution >= 4 is 27.6 Å². The third-order valence-electron chi connectivity index (χ3n) is 4.40. The fourth-order valence-electron chi connectivity index (χ4n) is 3.21. The maximum absolute atomic E-state index is 12.7. The van der Waals surface area contributed by atoms with Crippen LogP contribution in [0, 0.1) is 0 Å². The number of H-pyrrole nitrogens is 1. The standard InChI is InChI=1S/C17H19N5OS/c23-17(18-11-16-21-13-5-1-2-7-15(13)24-16)22-8-4-3-6-14(22)12-9-19-20-10-12/h1-2,5,7,9-10,14H,3-4,6,8,11H2,(H,18,23)(H,19,20). The van der Waals surface area contributed by atoms with Gasteiger partial charge in [-0.2, -0.15) is 5.10 Å². The van der Waals surface area contributed by atoms with Crippen LogP contribution < -0.4 is 5.32 Å². The number of hydrogen-bond acceptors (Lipinski definition) is 4. The van der Waals surface area contributed by atoms with Gasteiger partial charge >= 0.3 is 6.03 Å². The summed E-state index contributed by atoms with van der Waals surface area (Å²) in [6.45, 7) is 1.24. The largest absolute Gasteiger partial charge is 0.331 e. The van der Waals surface area contributed by atoms with Gasteiger partial charge in [-0.15, -0.1) is 11.3 Å². The van der Waals surface area contributed by atoms with E-state index in [4.69, 9.17) is 0 Å². The number of thiazole rings is 1. The Morgan fingerprint density at radius 1 is 1.38 bits per heavy atom. The first-order chi connectivity index (χ1) is 11.8. The van der Waals surface area contributed by atoms with E-state index in [2.05, 4.69) is 26.6 Å². The lowest BCUT2D eigenvalue weighted by atomic mass is 9.98. The van der Waals surface area contributed by atoms with Crippen molar-refractivity contribution in [2.24, 2.45) is 0 Å². The number of carbonyl (C=O) groups excluding carboxylic acids is 1. The molecule has 2 aromatic heterocycles. The van der Waals surface area contributed by atoms with Crippen LogP contribution in [0.2, 0.25) is 0 Å².